The summed E-state index contributed by atoms with van der Waals surface area (Å²) < 4.78 is 2.06. The molecular formula is C14H23N5. The molecule has 2 N–H and O–H groups in total. The zero-order valence-corrected chi connectivity index (χ0v) is 12.4. The Morgan fingerprint density at radius 1 is 1.32 bits per heavy atom. The molecule has 0 saturated heterocycles. The Hall–Kier alpha value is -1.62. The van der Waals surface area contributed by atoms with E-state index in [-0.39, 0.29) is 12.1 Å². The van der Waals surface area contributed by atoms with Crippen LogP contribution in [0.4, 0.5) is 0 Å². The molecule has 0 aromatic carbocycles. The van der Waals surface area contributed by atoms with Crippen LogP contribution in [-0.4, -0.2) is 20.0 Å². The summed E-state index contributed by atoms with van der Waals surface area (Å²) >= 11 is 0. The predicted molar refractivity (Wildman–Crippen MR) is 75.9 cm³/mol. The van der Waals surface area contributed by atoms with Crippen molar-refractivity contribution in [2.75, 3.05) is 0 Å². The molecule has 0 aliphatic carbocycles. The van der Waals surface area contributed by atoms with E-state index in [2.05, 4.69) is 59.9 Å². The van der Waals surface area contributed by atoms with Crippen molar-refractivity contribution in [1.29, 1.82) is 0 Å². The van der Waals surface area contributed by atoms with Gasteiger partial charge in [0.2, 0.25) is 0 Å². The average Bonchev–Trinajstić information content (AvgIpc) is 2.97. The highest BCUT2D eigenvalue weighted by Crippen LogP contribution is 2.24. The van der Waals surface area contributed by atoms with Gasteiger partial charge in [-0.1, -0.05) is 0 Å². The molecule has 0 spiro atoms. The van der Waals surface area contributed by atoms with Crippen molar-refractivity contribution < 1.29 is 0 Å². The maximum absolute atomic E-state index is 4.58. The van der Waals surface area contributed by atoms with Gasteiger partial charge in [-0.25, -0.2) is 0 Å². The van der Waals surface area contributed by atoms with Crippen molar-refractivity contribution in [3.05, 3.63) is 34.9 Å². The molecule has 2 rings (SSSR count). The molecule has 0 radical (unpaired) electrons. The summed E-state index contributed by atoms with van der Waals surface area (Å²) in [6.07, 6.45) is 3.79. The van der Waals surface area contributed by atoms with E-state index in [0.717, 1.165) is 12.2 Å². The number of H-pyrrole nitrogens is 1. The van der Waals surface area contributed by atoms with Gasteiger partial charge in [0.25, 0.3) is 0 Å². The lowest BCUT2D eigenvalue weighted by Gasteiger charge is -2.20. The molecule has 0 fully saturated rings. The monoisotopic (exact) mass is 261 g/mol. The number of hydrogen-bond acceptors (Lipinski definition) is 3. The molecule has 2 unspecified atom stereocenters. The van der Waals surface area contributed by atoms with Gasteiger partial charge in [-0.15, -0.1) is 0 Å². The van der Waals surface area contributed by atoms with Gasteiger partial charge in [0, 0.05) is 41.6 Å². The van der Waals surface area contributed by atoms with Crippen molar-refractivity contribution in [3.63, 3.8) is 0 Å². The zero-order chi connectivity index (χ0) is 14.0. The molecule has 2 aromatic rings. The lowest BCUT2D eigenvalue weighted by atomic mass is 10.0. The summed E-state index contributed by atoms with van der Waals surface area (Å²) in [6.45, 7) is 11.6. The Morgan fingerprint density at radius 2 is 2.05 bits per heavy atom. The van der Waals surface area contributed by atoms with E-state index in [0.29, 0.717) is 0 Å². The van der Waals surface area contributed by atoms with E-state index < -0.39 is 0 Å². The molecule has 19 heavy (non-hydrogen) atoms. The fourth-order valence-electron chi connectivity index (χ4n) is 2.70. The second kappa shape index (κ2) is 5.57. The molecule has 2 aromatic heterocycles. The van der Waals surface area contributed by atoms with E-state index in [1.807, 2.05) is 12.4 Å². The number of hydrogen-bond donors (Lipinski definition) is 2. The molecule has 0 aliphatic rings. The highest BCUT2D eigenvalue weighted by molar-refractivity contribution is 5.28. The smallest absolute Gasteiger partial charge is 0.0644 e. The number of aromatic amines is 1. The summed E-state index contributed by atoms with van der Waals surface area (Å²) in [5.41, 5.74) is 4.83. The molecule has 2 heterocycles. The van der Waals surface area contributed by atoms with E-state index in [4.69, 9.17) is 0 Å². The minimum atomic E-state index is 0.262. The fourth-order valence-corrected chi connectivity index (χ4v) is 2.70. The largest absolute Gasteiger partial charge is 0.303 e. The lowest BCUT2D eigenvalue weighted by molar-refractivity contribution is 0.491. The van der Waals surface area contributed by atoms with Crippen LogP contribution >= 0.6 is 0 Å². The summed E-state index contributed by atoms with van der Waals surface area (Å²) in [4.78, 5) is 0. The minimum absolute atomic E-state index is 0.262. The second-order valence-electron chi connectivity index (χ2n) is 5.04. The third-order valence-corrected chi connectivity index (χ3v) is 3.69. The summed E-state index contributed by atoms with van der Waals surface area (Å²) in [6, 6.07) is 0.530. The Labute approximate surface area is 114 Å². The molecule has 104 valence electrons. The van der Waals surface area contributed by atoms with Crippen LogP contribution in [0.2, 0.25) is 0 Å². The molecule has 0 amide bonds. The van der Waals surface area contributed by atoms with Gasteiger partial charge >= 0.3 is 0 Å². The van der Waals surface area contributed by atoms with Crippen LogP contribution in [0.3, 0.4) is 0 Å². The van der Waals surface area contributed by atoms with Crippen molar-refractivity contribution in [1.82, 2.24) is 25.3 Å². The summed E-state index contributed by atoms with van der Waals surface area (Å²) in [5.74, 6) is 0. The third-order valence-electron chi connectivity index (χ3n) is 3.69. The molecule has 2 atom stereocenters. The lowest BCUT2D eigenvalue weighted by Crippen LogP contribution is -2.23. The molecular weight excluding hydrogens is 238 g/mol. The van der Waals surface area contributed by atoms with Gasteiger partial charge in [-0.05, 0) is 34.6 Å². The number of rotatable bonds is 5. The topological polar surface area (TPSA) is 58.5 Å². The van der Waals surface area contributed by atoms with Gasteiger partial charge in [-0.2, -0.15) is 10.2 Å². The first-order valence-electron chi connectivity index (χ1n) is 6.83. The van der Waals surface area contributed by atoms with Crippen molar-refractivity contribution >= 4 is 0 Å². The quantitative estimate of drug-likeness (QED) is 0.870. The van der Waals surface area contributed by atoms with Crippen LogP contribution in [-0.2, 0) is 6.54 Å². The van der Waals surface area contributed by atoms with Crippen molar-refractivity contribution in [2.24, 2.45) is 0 Å². The maximum Gasteiger partial charge on any atom is 0.0644 e. The highest BCUT2D eigenvalue weighted by atomic mass is 15.3. The number of aromatic nitrogens is 4. The second-order valence-corrected chi connectivity index (χ2v) is 5.04. The van der Waals surface area contributed by atoms with E-state index in [9.17, 15) is 0 Å². The van der Waals surface area contributed by atoms with Gasteiger partial charge in [-0.3, -0.25) is 9.78 Å². The van der Waals surface area contributed by atoms with Crippen LogP contribution < -0.4 is 5.32 Å². The number of aryl methyl sites for hydroxylation is 2. The van der Waals surface area contributed by atoms with Crippen LogP contribution in [0.15, 0.2) is 12.4 Å². The van der Waals surface area contributed by atoms with Crippen LogP contribution in [0.25, 0.3) is 0 Å². The first kappa shape index (κ1) is 13.8. The Kier molecular flexibility index (Phi) is 4.04. The van der Waals surface area contributed by atoms with E-state index in [1.54, 1.807) is 0 Å². The fraction of sp³-hybridized carbons (Fsp3) is 0.571. The normalized spacial score (nSPS) is 14.6. The molecule has 0 bridgehead atoms. The summed E-state index contributed by atoms with van der Waals surface area (Å²) in [7, 11) is 0. The minimum Gasteiger partial charge on any atom is -0.303 e. The van der Waals surface area contributed by atoms with E-state index >= 15 is 0 Å². The predicted octanol–water partition coefficient (Wildman–Crippen LogP) is 2.65. The highest BCUT2D eigenvalue weighted by Gasteiger charge is 2.19. The van der Waals surface area contributed by atoms with Gasteiger partial charge in [0.1, 0.15) is 0 Å². The maximum atomic E-state index is 4.58. The van der Waals surface area contributed by atoms with Gasteiger partial charge in [0.05, 0.1) is 11.9 Å². The van der Waals surface area contributed by atoms with Crippen LogP contribution in [0, 0.1) is 13.8 Å². The molecule has 0 aliphatic heterocycles. The zero-order valence-electron chi connectivity index (χ0n) is 12.4. The summed E-state index contributed by atoms with van der Waals surface area (Å²) in [5, 5.41) is 15.0. The van der Waals surface area contributed by atoms with Gasteiger partial charge < -0.3 is 5.32 Å². The van der Waals surface area contributed by atoms with Crippen LogP contribution in [0.5, 0.6) is 0 Å². The molecule has 5 nitrogen and oxygen atoms in total. The third kappa shape index (κ3) is 2.71. The average molecular weight is 261 g/mol. The molecule has 5 heteroatoms. The van der Waals surface area contributed by atoms with Crippen molar-refractivity contribution in [2.45, 2.75) is 53.2 Å². The Morgan fingerprint density at radius 3 is 2.58 bits per heavy atom. The van der Waals surface area contributed by atoms with Crippen molar-refractivity contribution in [3.8, 4) is 0 Å². The molecule has 0 saturated carbocycles. The van der Waals surface area contributed by atoms with E-state index in [1.165, 1.54) is 16.8 Å². The first-order chi connectivity index (χ1) is 9.04. The SMILES string of the molecule is CCn1nc(C)c(C(C)NC(C)c2cn[nH]c2)c1C. The number of nitrogens with one attached hydrogen (secondary N) is 2. The van der Waals surface area contributed by atoms with Gasteiger partial charge in [0.15, 0.2) is 0 Å². The number of nitrogens with zero attached hydrogens (tertiary/aromatic N) is 3. The first-order valence-corrected chi connectivity index (χ1v) is 6.83. The standard InChI is InChI=1S/C14H23N5/c1-6-19-12(5)14(11(4)18-19)10(3)17-9(2)13-7-15-16-8-13/h7-10,17H,6H2,1-5H3,(H,15,16). The Balaban J connectivity index is 2.16. The Bertz CT molecular complexity index is 526. The van der Waals surface area contributed by atoms with Crippen LogP contribution in [0.1, 0.15) is 55.4 Å².